The van der Waals surface area contributed by atoms with Crippen molar-refractivity contribution in [1.82, 2.24) is 14.9 Å². The third-order valence-electron chi connectivity index (χ3n) is 4.71. The second-order valence-corrected chi connectivity index (χ2v) is 10.2. The van der Waals surface area contributed by atoms with Crippen molar-refractivity contribution in [2.45, 2.75) is 32.1 Å². The molecule has 2 rings (SSSR count). The van der Waals surface area contributed by atoms with Gasteiger partial charge in [-0.25, -0.2) is 12.7 Å². The number of nitrogens with one attached hydrogen (secondary N) is 2. The SMILES string of the molecule is CN=C(NCC1CCN(S(C)(=O)=O)CC1)NCC(C)(C)c1cccs1. The van der Waals surface area contributed by atoms with Crippen LogP contribution in [0, 0.1) is 5.92 Å². The van der Waals surface area contributed by atoms with E-state index >= 15 is 0 Å². The van der Waals surface area contributed by atoms with Gasteiger partial charge in [0.2, 0.25) is 10.0 Å². The van der Waals surface area contributed by atoms with Crippen molar-refractivity contribution in [3.63, 3.8) is 0 Å². The van der Waals surface area contributed by atoms with Gasteiger partial charge in [-0.1, -0.05) is 19.9 Å². The van der Waals surface area contributed by atoms with Gasteiger partial charge in [0.05, 0.1) is 6.26 Å². The van der Waals surface area contributed by atoms with Gasteiger partial charge in [0.25, 0.3) is 0 Å². The largest absolute Gasteiger partial charge is 0.356 e. The molecule has 1 aromatic heterocycles. The summed E-state index contributed by atoms with van der Waals surface area (Å²) in [4.78, 5) is 5.65. The topological polar surface area (TPSA) is 73.8 Å². The molecule has 25 heavy (non-hydrogen) atoms. The van der Waals surface area contributed by atoms with Crippen LogP contribution in [0.1, 0.15) is 31.6 Å². The Hall–Kier alpha value is -1.12. The summed E-state index contributed by atoms with van der Waals surface area (Å²) in [6.07, 6.45) is 3.06. The summed E-state index contributed by atoms with van der Waals surface area (Å²) in [5.41, 5.74) is 0.0482. The Labute approximate surface area is 155 Å². The van der Waals surface area contributed by atoms with Crippen LogP contribution in [0.4, 0.5) is 0 Å². The van der Waals surface area contributed by atoms with Crippen molar-refractivity contribution in [2.24, 2.45) is 10.9 Å². The number of guanidine groups is 1. The van der Waals surface area contributed by atoms with Crippen molar-refractivity contribution in [2.75, 3.05) is 39.5 Å². The molecule has 0 radical (unpaired) electrons. The molecule has 1 fully saturated rings. The fourth-order valence-corrected chi connectivity index (χ4v) is 4.69. The van der Waals surface area contributed by atoms with Gasteiger partial charge in [-0.3, -0.25) is 4.99 Å². The zero-order chi connectivity index (χ0) is 18.5. The first-order valence-corrected chi connectivity index (χ1v) is 11.4. The maximum absolute atomic E-state index is 11.6. The summed E-state index contributed by atoms with van der Waals surface area (Å²) >= 11 is 1.77. The molecule has 2 heterocycles. The van der Waals surface area contributed by atoms with Crippen LogP contribution in [0.25, 0.3) is 0 Å². The molecule has 142 valence electrons. The highest BCUT2D eigenvalue weighted by atomic mass is 32.2. The van der Waals surface area contributed by atoms with Crippen molar-refractivity contribution in [1.29, 1.82) is 0 Å². The molecule has 8 heteroatoms. The highest BCUT2D eigenvalue weighted by molar-refractivity contribution is 7.88. The zero-order valence-electron chi connectivity index (χ0n) is 15.6. The van der Waals surface area contributed by atoms with E-state index in [1.165, 1.54) is 11.1 Å². The smallest absolute Gasteiger partial charge is 0.211 e. The fourth-order valence-electron chi connectivity index (χ4n) is 2.96. The Kier molecular flexibility index (Phi) is 6.87. The van der Waals surface area contributed by atoms with Gasteiger partial charge < -0.3 is 10.6 Å². The molecule has 1 aliphatic rings. The van der Waals surface area contributed by atoms with Crippen molar-refractivity contribution in [3.8, 4) is 0 Å². The number of hydrogen-bond donors (Lipinski definition) is 2. The first kappa shape index (κ1) is 20.2. The Balaban J connectivity index is 1.76. The molecule has 1 aromatic rings. The Bertz CT molecular complexity index is 661. The number of sulfonamides is 1. The van der Waals surface area contributed by atoms with Gasteiger partial charge in [-0.05, 0) is 30.2 Å². The molecule has 1 aliphatic heterocycles. The molecule has 0 amide bonds. The molecule has 2 N–H and O–H groups in total. The van der Waals surface area contributed by atoms with Gasteiger partial charge in [-0.15, -0.1) is 11.3 Å². The van der Waals surface area contributed by atoms with Crippen LogP contribution in [-0.4, -0.2) is 58.2 Å². The third kappa shape index (κ3) is 5.97. The van der Waals surface area contributed by atoms with Crippen molar-refractivity contribution >= 4 is 27.3 Å². The Morgan fingerprint density at radius 1 is 1.36 bits per heavy atom. The third-order valence-corrected chi connectivity index (χ3v) is 7.25. The van der Waals surface area contributed by atoms with Gasteiger partial charge in [-0.2, -0.15) is 0 Å². The van der Waals surface area contributed by atoms with E-state index in [1.807, 2.05) is 0 Å². The first-order chi connectivity index (χ1) is 11.7. The minimum absolute atomic E-state index is 0.0482. The molecule has 0 saturated carbocycles. The molecule has 0 aromatic carbocycles. The quantitative estimate of drug-likeness (QED) is 0.578. The molecule has 0 spiro atoms. The van der Waals surface area contributed by atoms with Gasteiger partial charge in [0.15, 0.2) is 5.96 Å². The van der Waals surface area contributed by atoms with Gasteiger partial charge >= 0.3 is 0 Å². The molecular formula is C17H30N4O2S2. The van der Waals surface area contributed by atoms with E-state index in [9.17, 15) is 8.42 Å². The van der Waals surface area contributed by atoms with E-state index < -0.39 is 10.0 Å². The van der Waals surface area contributed by atoms with E-state index in [1.54, 1.807) is 22.7 Å². The predicted octanol–water partition coefficient (Wildman–Crippen LogP) is 1.86. The highest BCUT2D eigenvalue weighted by Gasteiger charge is 2.25. The average Bonchev–Trinajstić information content (AvgIpc) is 3.10. The molecule has 0 aliphatic carbocycles. The van der Waals surface area contributed by atoms with Gasteiger partial charge in [0, 0.05) is 43.5 Å². The lowest BCUT2D eigenvalue weighted by atomic mass is 9.91. The van der Waals surface area contributed by atoms with Crippen LogP contribution in [-0.2, 0) is 15.4 Å². The molecule has 1 saturated heterocycles. The van der Waals surface area contributed by atoms with Gasteiger partial charge in [0.1, 0.15) is 0 Å². The molecule has 0 unspecified atom stereocenters. The minimum Gasteiger partial charge on any atom is -0.356 e. The molecule has 0 atom stereocenters. The molecule has 0 bridgehead atoms. The number of thiophene rings is 1. The normalized spacial score (nSPS) is 18.3. The summed E-state index contributed by atoms with van der Waals surface area (Å²) in [6.45, 7) is 7.29. The second kappa shape index (κ2) is 8.51. The van der Waals surface area contributed by atoms with Crippen LogP contribution >= 0.6 is 11.3 Å². The Morgan fingerprint density at radius 3 is 2.56 bits per heavy atom. The standard InChI is InChI=1S/C17H30N4O2S2/c1-17(2,15-6-5-11-24-15)13-20-16(18-3)19-12-14-7-9-21(10-8-14)25(4,22)23/h5-6,11,14H,7-10,12-13H2,1-4H3,(H2,18,19,20). The number of nitrogens with zero attached hydrogens (tertiary/aromatic N) is 2. The van der Waals surface area contributed by atoms with E-state index in [0.29, 0.717) is 19.0 Å². The van der Waals surface area contributed by atoms with E-state index in [-0.39, 0.29) is 5.41 Å². The lowest BCUT2D eigenvalue weighted by Crippen LogP contribution is -2.46. The number of aliphatic imine (C=N–C) groups is 1. The first-order valence-electron chi connectivity index (χ1n) is 8.66. The van der Waals surface area contributed by atoms with E-state index in [0.717, 1.165) is 31.9 Å². The summed E-state index contributed by atoms with van der Waals surface area (Å²) in [5, 5.41) is 8.90. The fraction of sp³-hybridized carbons (Fsp3) is 0.706. The van der Waals surface area contributed by atoms with Crippen LogP contribution in [0.15, 0.2) is 22.5 Å². The maximum Gasteiger partial charge on any atom is 0.211 e. The second-order valence-electron chi connectivity index (χ2n) is 7.27. The molecule has 6 nitrogen and oxygen atoms in total. The Morgan fingerprint density at radius 2 is 2.04 bits per heavy atom. The van der Waals surface area contributed by atoms with Crippen molar-refractivity contribution in [3.05, 3.63) is 22.4 Å². The van der Waals surface area contributed by atoms with Crippen LogP contribution < -0.4 is 10.6 Å². The molecular weight excluding hydrogens is 356 g/mol. The van der Waals surface area contributed by atoms with Crippen LogP contribution in [0.2, 0.25) is 0 Å². The lowest BCUT2D eigenvalue weighted by molar-refractivity contribution is 0.274. The minimum atomic E-state index is -3.05. The zero-order valence-corrected chi connectivity index (χ0v) is 17.2. The monoisotopic (exact) mass is 386 g/mol. The summed E-state index contributed by atoms with van der Waals surface area (Å²) in [7, 11) is -1.28. The summed E-state index contributed by atoms with van der Waals surface area (Å²) in [6, 6.07) is 4.25. The highest BCUT2D eigenvalue weighted by Crippen LogP contribution is 2.26. The number of hydrogen-bond acceptors (Lipinski definition) is 4. The number of piperidine rings is 1. The van der Waals surface area contributed by atoms with E-state index in [4.69, 9.17) is 0 Å². The van der Waals surface area contributed by atoms with E-state index in [2.05, 4.69) is 47.0 Å². The lowest BCUT2D eigenvalue weighted by Gasteiger charge is -2.31. The van der Waals surface area contributed by atoms with Crippen LogP contribution in [0.3, 0.4) is 0 Å². The predicted molar refractivity (Wildman–Crippen MR) is 106 cm³/mol. The van der Waals surface area contributed by atoms with Crippen molar-refractivity contribution < 1.29 is 8.42 Å². The average molecular weight is 387 g/mol. The summed E-state index contributed by atoms with van der Waals surface area (Å²) < 4.78 is 24.7. The summed E-state index contributed by atoms with van der Waals surface area (Å²) in [5.74, 6) is 1.28. The maximum atomic E-state index is 11.6. The van der Waals surface area contributed by atoms with Crippen LogP contribution in [0.5, 0.6) is 0 Å². The number of rotatable bonds is 6.